The van der Waals surface area contributed by atoms with Gasteiger partial charge in [-0.25, -0.2) is 4.99 Å². The molecule has 24 heavy (non-hydrogen) atoms. The number of rotatable bonds is 2. The van der Waals surface area contributed by atoms with Gasteiger partial charge in [-0.1, -0.05) is 35.9 Å². The van der Waals surface area contributed by atoms with Crippen LogP contribution in [0.1, 0.15) is 11.1 Å². The fraction of sp³-hybridized carbons (Fsp3) is 0. The van der Waals surface area contributed by atoms with Crippen molar-refractivity contribution in [1.82, 2.24) is 0 Å². The normalized spacial score (nSPS) is 13.6. The molecule has 1 aliphatic carbocycles. The van der Waals surface area contributed by atoms with Crippen molar-refractivity contribution in [3.05, 3.63) is 93.0 Å². The summed E-state index contributed by atoms with van der Waals surface area (Å²) >= 11 is 5.92. The molecule has 0 aromatic heterocycles. The lowest BCUT2D eigenvalue weighted by molar-refractivity contribution is -0.384. The first-order chi connectivity index (χ1) is 11.6. The van der Waals surface area contributed by atoms with Crippen molar-refractivity contribution in [2.24, 2.45) is 4.99 Å². The van der Waals surface area contributed by atoms with Gasteiger partial charge in [0.15, 0.2) is 0 Å². The number of non-ortho nitro benzene ring substituents is 1. The highest BCUT2D eigenvalue weighted by Gasteiger charge is 2.26. The van der Waals surface area contributed by atoms with E-state index >= 15 is 0 Å². The Bertz CT molecular complexity index is 995. The fourth-order valence-electron chi connectivity index (χ4n) is 2.91. The third kappa shape index (κ3) is 2.37. The van der Waals surface area contributed by atoms with Gasteiger partial charge in [0.2, 0.25) is 0 Å². The molecular formula is C19H11ClN2O2. The number of fused-ring (bicyclic) bond motifs is 3. The van der Waals surface area contributed by atoms with Gasteiger partial charge in [0.1, 0.15) is 0 Å². The van der Waals surface area contributed by atoms with E-state index in [4.69, 9.17) is 16.6 Å². The smallest absolute Gasteiger partial charge is 0.258 e. The molecule has 3 aromatic rings. The van der Waals surface area contributed by atoms with Crippen LogP contribution in [0.2, 0.25) is 5.02 Å². The van der Waals surface area contributed by atoms with Gasteiger partial charge in [-0.15, -0.1) is 0 Å². The molecule has 4 rings (SSSR count). The van der Waals surface area contributed by atoms with Crippen LogP contribution in [-0.2, 0) is 0 Å². The topological polar surface area (TPSA) is 55.5 Å². The number of aliphatic imine (C=N–C) groups is 1. The van der Waals surface area contributed by atoms with Gasteiger partial charge in [0, 0.05) is 28.3 Å². The first kappa shape index (κ1) is 14.6. The van der Waals surface area contributed by atoms with Crippen molar-refractivity contribution in [3.63, 3.8) is 0 Å². The van der Waals surface area contributed by atoms with Crippen LogP contribution < -0.4 is 0 Å². The van der Waals surface area contributed by atoms with Crippen molar-refractivity contribution in [1.29, 1.82) is 0 Å². The molecule has 5 heteroatoms. The zero-order chi connectivity index (χ0) is 16.7. The summed E-state index contributed by atoms with van der Waals surface area (Å²) in [4.78, 5) is 15.5. The number of hydrogen-bond acceptors (Lipinski definition) is 3. The Morgan fingerprint density at radius 3 is 2.21 bits per heavy atom. The van der Waals surface area contributed by atoms with Gasteiger partial charge in [-0.2, -0.15) is 0 Å². The van der Waals surface area contributed by atoms with E-state index in [9.17, 15) is 10.1 Å². The minimum Gasteiger partial charge on any atom is -0.258 e. The SMILES string of the molecule is O=[N+]([O-])c1ccc2c(c1)C(=Nc1ccc(Cl)cc1)c1ccccc1-2. The summed E-state index contributed by atoms with van der Waals surface area (Å²) in [5.41, 5.74) is 5.31. The molecule has 1 aliphatic rings. The summed E-state index contributed by atoms with van der Waals surface area (Å²) < 4.78 is 0. The number of nitro groups is 1. The quantitative estimate of drug-likeness (QED) is 0.364. The Hall–Kier alpha value is -2.98. The average Bonchev–Trinajstić information content (AvgIpc) is 2.90. The van der Waals surface area contributed by atoms with E-state index in [0.717, 1.165) is 33.7 Å². The van der Waals surface area contributed by atoms with Crippen LogP contribution in [0.5, 0.6) is 0 Å². The Balaban J connectivity index is 1.95. The van der Waals surface area contributed by atoms with E-state index in [0.29, 0.717) is 5.02 Å². The van der Waals surface area contributed by atoms with Crippen LogP contribution in [0.4, 0.5) is 11.4 Å². The third-order valence-corrected chi connectivity index (χ3v) is 4.26. The van der Waals surface area contributed by atoms with E-state index < -0.39 is 0 Å². The minimum absolute atomic E-state index is 0.0605. The Labute approximate surface area is 143 Å². The summed E-state index contributed by atoms with van der Waals surface area (Å²) in [6.07, 6.45) is 0. The van der Waals surface area contributed by atoms with E-state index in [1.54, 1.807) is 24.3 Å². The molecule has 0 N–H and O–H groups in total. The summed E-state index contributed by atoms with van der Waals surface area (Å²) in [5.74, 6) is 0. The molecule has 0 heterocycles. The van der Waals surface area contributed by atoms with Gasteiger partial charge in [-0.05, 0) is 41.5 Å². The van der Waals surface area contributed by atoms with Crippen molar-refractivity contribution >= 4 is 28.7 Å². The minimum atomic E-state index is -0.386. The predicted molar refractivity (Wildman–Crippen MR) is 95.3 cm³/mol. The van der Waals surface area contributed by atoms with Crippen molar-refractivity contribution in [2.75, 3.05) is 0 Å². The lowest BCUT2D eigenvalue weighted by Crippen LogP contribution is -1.98. The number of nitro benzene ring substituents is 1. The monoisotopic (exact) mass is 334 g/mol. The van der Waals surface area contributed by atoms with Gasteiger partial charge in [0.05, 0.1) is 16.3 Å². The number of hydrogen-bond donors (Lipinski definition) is 0. The number of halogens is 1. The molecule has 0 amide bonds. The summed E-state index contributed by atoms with van der Waals surface area (Å²) in [6, 6.07) is 20.0. The molecule has 0 saturated heterocycles. The molecule has 0 atom stereocenters. The fourth-order valence-corrected chi connectivity index (χ4v) is 3.04. The second kappa shape index (κ2) is 5.58. The molecule has 0 bridgehead atoms. The van der Waals surface area contributed by atoms with Crippen LogP contribution >= 0.6 is 11.6 Å². The second-order valence-corrected chi connectivity index (χ2v) is 5.91. The maximum atomic E-state index is 11.1. The zero-order valence-electron chi connectivity index (χ0n) is 12.4. The maximum absolute atomic E-state index is 11.1. The molecule has 0 spiro atoms. The summed E-state index contributed by atoms with van der Waals surface area (Å²) in [6.45, 7) is 0. The molecule has 0 radical (unpaired) electrons. The van der Waals surface area contributed by atoms with Gasteiger partial charge >= 0.3 is 0 Å². The van der Waals surface area contributed by atoms with Crippen LogP contribution in [0.15, 0.2) is 71.7 Å². The van der Waals surface area contributed by atoms with Gasteiger partial charge < -0.3 is 0 Å². The molecule has 0 saturated carbocycles. The van der Waals surface area contributed by atoms with E-state index in [-0.39, 0.29) is 10.6 Å². The number of nitrogens with zero attached hydrogens (tertiary/aromatic N) is 2. The van der Waals surface area contributed by atoms with Gasteiger partial charge in [-0.3, -0.25) is 10.1 Å². The first-order valence-electron chi connectivity index (χ1n) is 7.36. The van der Waals surface area contributed by atoms with Crippen LogP contribution in [0, 0.1) is 10.1 Å². The van der Waals surface area contributed by atoms with Crippen molar-refractivity contribution in [3.8, 4) is 11.1 Å². The van der Waals surface area contributed by atoms with E-state index in [1.165, 1.54) is 6.07 Å². The van der Waals surface area contributed by atoms with Crippen LogP contribution in [-0.4, -0.2) is 10.6 Å². The van der Waals surface area contributed by atoms with Gasteiger partial charge in [0.25, 0.3) is 5.69 Å². The Morgan fingerprint density at radius 1 is 0.833 bits per heavy atom. The molecule has 0 aliphatic heterocycles. The third-order valence-electron chi connectivity index (χ3n) is 4.01. The molecule has 0 fully saturated rings. The Kier molecular flexibility index (Phi) is 3.40. The van der Waals surface area contributed by atoms with Crippen LogP contribution in [0.25, 0.3) is 11.1 Å². The van der Waals surface area contributed by atoms with Crippen LogP contribution in [0.3, 0.4) is 0 Å². The molecule has 4 nitrogen and oxygen atoms in total. The molecule has 116 valence electrons. The largest absolute Gasteiger partial charge is 0.270 e. The number of benzene rings is 3. The summed E-state index contributed by atoms with van der Waals surface area (Å²) in [5, 5.41) is 11.8. The molecule has 3 aromatic carbocycles. The standard InChI is InChI=1S/C19H11ClN2O2/c20-12-5-7-13(8-6-12)21-19-17-4-2-1-3-15(17)16-10-9-14(22(23)24)11-18(16)19/h1-11H. The maximum Gasteiger partial charge on any atom is 0.270 e. The molecular weight excluding hydrogens is 324 g/mol. The Morgan fingerprint density at radius 2 is 1.50 bits per heavy atom. The summed E-state index contributed by atoms with van der Waals surface area (Å²) in [7, 11) is 0. The molecule has 0 unspecified atom stereocenters. The van der Waals surface area contributed by atoms with E-state index in [2.05, 4.69) is 0 Å². The lowest BCUT2D eigenvalue weighted by Gasteiger charge is -2.02. The average molecular weight is 335 g/mol. The highest BCUT2D eigenvalue weighted by atomic mass is 35.5. The second-order valence-electron chi connectivity index (χ2n) is 5.47. The lowest BCUT2D eigenvalue weighted by atomic mass is 10.1. The zero-order valence-corrected chi connectivity index (χ0v) is 13.2. The van der Waals surface area contributed by atoms with Crippen molar-refractivity contribution in [2.45, 2.75) is 0 Å². The predicted octanol–water partition coefficient (Wildman–Crippen LogP) is 5.40. The first-order valence-corrected chi connectivity index (χ1v) is 7.74. The van der Waals surface area contributed by atoms with E-state index in [1.807, 2.05) is 36.4 Å². The highest BCUT2D eigenvalue weighted by molar-refractivity contribution is 6.30. The van der Waals surface area contributed by atoms with Crippen molar-refractivity contribution < 1.29 is 4.92 Å². The highest BCUT2D eigenvalue weighted by Crippen LogP contribution is 2.39.